The molecule has 8 heteroatoms. The highest BCUT2D eigenvalue weighted by Crippen LogP contribution is 2.63. The first-order valence-electron chi connectivity index (χ1n) is 10.3. The zero-order valence-electron chi connectivity index (χ0n) is 18.0. The SMILES string of the molecule is COC(=O)C1=CC2C(C3C=CC2(C(=O)OC)[C@@H]2OC(C)(C)OC32)[C@@H]2OC(C)(C)OC12. The summed E-state index contributed by atoms with van der Waals surface area (Å²) in [5.74, 6) is -3.21. The van der Waals surface area contributed by atoms with Crippen molar-refractivity contribution in [3.05, 3.63) is 23.8 Å². The van der Waals surface area contributed by atoms with Crippen LogP contribution in [0.15, 0.2) is 23.8 Å². The molecule has 0 N–H and O–H groups in total. The number of rotatable bonds is 2. The van der Waals surface area contributed by atoms with E-state index in [2.05, 4.69) is 0 Å². The van der Waals surface area contributed by atoms with Crippen molar-refractivity contribution in [1.29, 1.82) is 0 Å². The van der Waals surface area contributed by atoms with Crippen LogP contribution in [0.3, 0.4) is 0 Å². The highest BCUT2D eigenvalue weighted by atomic mass is 16.8. The zero-order chi connectivity index (χ0) is 21.6. The molecule has 0 aromatic rings. The van der Waals surface area contributed by atoms with Gasteiger partial charge in [0.05, 0.1) is 32.0 Å². The van der Waals surface area contributed by atoms with E-state index in [1.165, 1.54) is 14.2 Å². The molecule has 0 spiro atoms. The van der Waals surface area contributed by atoms with Crippen LogP contribution in [0.2, 0.25) is 0 Å². The van der Waals surface area contributed by atoms with E-state index in [0.717, 1.165) is 0 Å². The predicted molar refractivity (Wildman–Crippen MR) is 102 cm³/mol. The Morgan fingerprint density at radius 1 is 0.933 bits per heavy atom. The Hall–Kier alpha value is -1.74. The van der Waals surface area contributed by atoms with Crippen molar-refractivity contribution in [2.45, 2.75) is 63.7 Å². The quantitative estimate of drug-likeness (QED) is 0.493. The van der Waals surface area contributed by atoms with Crippen LogP contribution in [-0.4, -0.2) is 62.1 Å². The molecule has 0 aromatic carbocycles. The molecule has 0 radical (unpaired) electrons. The molecule has 2 heterocycles. The first-order chi connectivity index (χ1) is 14.0. The number of carbonyl (C=O) groups excluding carboxylic acids is 2. The van der Waals surface area contributed by atoms with Crippen molar-refractivity contribution < 1.29 is 38.0 Å². The molecule has 4 aliphatic carbocycles. The minimum atomic E-state index is -1.13. The summed E-state index contributed by atoms with van der Waals surface area (Å²) in [6.07, 6.45) is 3.85. The Kier molecular flexibility index (Phi) is 4.14. The van der Waals surface area contributed by atoms with Crippen LogP contribution in [0.25, 0.3) is 0 Å². The second kappa shape index (κ2) is 6.16. The van der Waals surface area contributed by atoms with E-state index in [4.69, 9.17) is 28.4 Å². The molecule has 6 unspecified atom stereocenters. The predicted octanol–water partition coefficient (Wildman–Crippen LogP) is 1.73. The van der Waals surface area contributed by atoms with E-state index in [0.29, 0.717) is 5.57 Å². The van der Waals surface area contributed by atoms with Gasteiger partial charge >= 0.3 is 11.9 Å². The number of allylic oxidation sites excluding steroid dienone is 1. The Balaban J connectivity index is 1.70. The Bertz CT molecular complexity index is 857. The summed E-state index contributed by atoms with van der Waals surface area (Å²) in [6.45, 7) is 7.33. The maximum absolute atomic E-state index is 13.3. The molecule has 30 heavy (non-hydrogen) atoms. The smallest absolute Gasteiger partial charge is 0.336 e. The maximum atomic E-state index is 13.3. The van der Waals surface area contributed by atoms with Gasteiger partial charge in [-0.15, -0.1) is 0 Å². The lowest BCUT2D eigenvalue weighted by Crippen LogP contribution is -2.67. The number of methoxy groups -OCH3 is 2. The number of hydrogen-bond donors (Lipinski definition) is 0. The van der Waals surface area contributed by atoms with E-state index < -0.39 is 47.2 Å². The fourth-order valence-corrected chi connectivity index (χ4v) is 6.19. The fourth-order valence-electron chi connectivity index (χ4n) is 6.19. The lowest BCUT2D eigenvalue weighted by Gasteiger charge is -2.57. The molecule has 0 aromatic heterocycles. The topological polar surface area (TPSA) is 89.5 Å². The van der Waals surface area contributed by atoms with Gasteiger partial charge in [-0.3, -0.25) is 4.79 Å². The van der Waals surface area contributed by atoms with Crippen LogP contribution in [0.4, 0.5) is 0 Å². The Morgan fingerprint density at radius 3 is 2.27 bits per heavy atom. The van der Waals surface area contributed by atoms with Crippen molar-refractivity contribution in [3.63, 3.8) is 0 Å². The monoisotopic (exact) mass is 420 g/mol. The average Bonchev–Trinajstić information content (AvgIpc) is 3.20. The summed E-state index contributed by atoms with van der Waals surface area (Å²) >= 11 is 0. The van der Waals surface area contributed by atoms with Gasteiger partial charge in [-0.05, 0) is 27.7 Å². The fraction of sp³-hybridized carbons (Fsp3) is 0.727. The van der Waals surface area contributed by atoms with E-state index in [1.54, 1.807) is 0 Å². The van der Waals surface area contributed by atoms with E-state index in [-0.39, 0.29) is 23.9 Å². The zero-order valence-corrected chi connectivity index (χ0v) is 18.0. The molecule has 8 nitrogen and oxygen atoms in total. The van der Waals surface area contributed by atoms with Crippen molar-refractivity contribution in [3.8, 4) is 0 Å². The standard InChI is InChI=1S/C22H28O8/c1-20(2)27-14-11(18(23)25-5)9-12-13(16(14)29-20)10-7-8-22(12,19(24)26-6)17-15(10)28-21(3,4)30-17/h7-10,12-17H,1-6H3/t10?,12?,13?,14?,15?,16-,17+,22?/m0/s1. The van der Waals surface area contributed by atoms with Gasteiger partial charge in [-0.25, -0.2) is 4.79 Å². The van der Waals surface area contributed by atoms with Gasteiger partial charge in [0, 0.05) is 17.8 Å². The second-order valence-electron chi connectivity index (χ2n) is 9.62. The van der Waals surface area contributed by atoms with Gasteiger partial charge in [0.15, 0.2) is 11.6 Å². The largest absolute Gasteiger partial charge is 0.468 e. The number of ether oxygens (including phenoxy) is 6. The molecule has 8 atom stereocenters. The lowest BCUT2D eigenvalue weighted by atomic mass is 9.48. The normalized spacial score (nSPS) is 46.5. The van der Waals surface area contributed by atoms with Crippen LogP contribution in [0, 0.1) is 23.2 Å². The number of fused-ring (bicyclic) bond motifs is 1. The summed E-state index contributed by atoms with van der Waals surface area (Å²) < 4.78 is 35.2. The van der Waals surface area contributed by atoms with Crippen LogP contribution >= 0.6 is 0 Å². The van der Waals surface area contributed by atoms with E-state index in [9.17, 15) is 9.59 Å². The van der Waals surface area contributed by atoms with Crippen molar-refractivity contribution in [2.75, 3.05) is 14.2 Å². The highest BCUT2D eigenvalue weighted by molar-refractivity contribution is 5.91. The minimum absolute atomic E-state index is 0.0613. The highest BCUT2D eigenvalue weighted by Gasteiger charge is 2.72. The molecule has 6 rings (SSSR count). The van der Waals surface area contributed by atoms with Crippen LogP contribution in [0.1, 0.15) is 27.7 Å². The van der Waals surface area contributed by atoms with Crippen molar-refractivity contribution >= 4 is 11.9 Å². The molecule has 2 saturated heterocycles. The van der Waals surface area contributed by atoms with Crippen molar-refractivity contribution in [2.24, 2.45) is 23.2 Å². The van der Waals surface area contributed by atoms with Crippen LogP contribution in [-0.2, 0) is 38.0 Å². The number of carbonyl (C=O) groups is 2. The van der Waals surface area contributed by atoms with E-state index >= 15 is 0 Å². The van der Waals surface area contributed by atoms with Gasteiger partial charge in [0.1, 0.15) is 17.6 Å². The maximum Gasteiger partial charge on any atom is 0.336 e. The van der Waals surface area contributed by atoms with Crippen LogP contribution < -0.4 is 0 Å². The molecule has 2 bridgehead atoms. The molecule has 0 amide bonds. The first-order valence-corrected chi connectivity index (χ1v) is 10.3. The van der Waals surface area contributed by atoms with E-state index in [1.807, 2.05) is 45.9 Å². The van der Waals surface area contributed by atoms with Crippen molar-refractivity contribution in [1.82, 2.24) is 0 Å². The lowest BCUT2D eigenvalue weighted by molar-refractivity contribution is -0.187. The van der Waals surface area contributed by atoms with Crippen LogP contribution in [0.5, 0.6) is 0 Å². The number of esters is 2. The van der Waals surface area contributed by atoms with Gasteiger partial charge in [0.2, 0.25) is 0 Å². The third-order valence-electron chi connectivity index (χ3n) is 7.12. The third-order valence-corrected chi connectivity index (χ3v) is 7.12. The molecule has 3 fully saturated rings. The Labute approximate surface area is 175 Å². The molecular formula is C22H28O8. The molecule has 164 valence electrons. The molecule has 6 aliphatic rings. The summed E-state index contributed by atoms with van der Waals surface area (Å²) in [5, 5.41) is 0. The minimum Gasteiger partial charge on any atom is -0.468 e. The van der Waals surface area contributed by atoms with Gasteiger partial charge in [-0.2, -0.15) is 0 Å². The summed E-state index contributed by atoms with van der Waals surface area (Å²) in [6, 6.07) is 0. The van der Waals surface area contributed by atoms with Gasteiger partial charge in [-0.1, -0.05) is 18.2 Å². The second-order valence-corrected chi connectivity index (χ2v) is 9.62. The summed E-state index contributed by atoms with van der Waals surface area (Å²) in [5.41, 5.74) is -0.763. The number of hydrogen-bond acceptors (Lipinski definition) is 8. The summed E-state index contributed by atoms with van der Waals surface area (Å²) in [7, 11) is 2.70. The first kappa shape index (κ1) is 20.2. The molecule has 2 aliphatic heterocycles. The molecular weight excluding hydrogens is 392 g/mol. The average molecular weight is 420 g/mol. The Morgan fingerprint density at radius 2 is 1.60 bits per heavy atom. The molecule has 1 saturated carbocycles. The third kappa shape index (κ3) is 2.48. The summed E-state index contributed by atoms with van der Waals surface area (Å²) in [4.78, 5) is 26.0. The van der Waals surface area contributed by atoms with Gasteiger partial charge in [0.25, 0.3) is 0 Å². The van der Waals surface area contributed by atoms with Gasteiger partial charge < -0.3 is 28.4 Å².